The molecule has 2 aromatic heterocycles. The Kier molecular flexibility index (Phi) is 9.04. The molecule has 1 aliphatic heterocycles. The summed E-state index contributed by atoms with van der Waals surface area (Å²) in [5.74, 6) is -3.33. The molecule has 1 saturated heterocycles. The molecule has 0 saturated carbocycles. The van der Waals surface area contributed by atoms with Crippen molar-refractivity contribution in [3.63, 3.8) is 0 Å². The zero-order valence-corrected chi connectivity index (χ0v) is 25.1. The highest BCUT2D eigenvalue weighted by Crippen LogP contribution is 2.33. The first-order valence-electron chi connectivity index (χ1n) is 15.2. The summed E-state index contributed by atoms with van der Waals surface area (Å²) in [6, 6.07) is 15.7. The van der Waals surface area contributed by atoms with E-state index in [1.165, 1.54) is 6.07 Å². The number of hydrogen-bond acceptors (Lipinski definition) is 6. The van der Waals surface area contributed by atoms with E-state index in [1.54, 1.807) is 36.8 Å². The monoisotopic (exact) mass is 645 g/mol. The summed E-state index contributed by atoms with van der Waals surface area (Å²) in [6.45, 7) is 0.130. The number of nitrogens with zero attached hydrogens (tertiary/aromatic N) is 3. The van der Waals surface area contributed by atoms with E-state index in [0.29, 0.717) is 24.3 Å². The van der Waals surface area contributed by atoms with Gasteiger partial charge in [0.2, 0.25) is 0 Å². The van der Waals surface area contributed by atoms with Gasteiger partial charge in [-0.1, -0.05) is 36.4 Å². The number of hydrogen-bond donors (Lipinski definition) is 3. The largest absolute Gasteiger partial charge is 0.480 e. The number of pyridine rings is 2. The highest BCUT2D eigenvalue weighted by molar-refractivity contribution is 6.04. The number of anilines is 1. The van der Waals surface area contributed by atoms with Crippen molar-refractivity contribution in [2.24, 2.45) is 0 Å². The Morgan fingerprint density at radius 3 is 2.49 bits per heavy atom. The molecule has 0 spiro atoms. The van der Waals surface area contributed by atoms with Gasteiger partial charge in [0.15, 0.2) is 0 Å². The molecule has 47 heavy (non-hydrogen) atoms. The van der Waals surface area contributed by atoms with Crippen molar-refractivity contribution in [1.82, 2.24) is 20.2 Å². The number of carboxylic acids is 1. The third-order valence-corrected chi connectivity index (χ3v) is 8.35. The Hall–Kier alpha value is -5.10. The third kappa shape index (κ3) is 7.17. The van der Waals surface area contributed by atoms with Crippen LogP contribution in [0.2, 0.25) is 0 Å². The first-order chi connectivity index (χ1) is 22.6. The molecule has 3 aromatic carbocycles. The molecule has 8 nitrogen and oxygen atoms in total. The number of halogens is 4. The fourth-order valence-electron chi connectivity index (χ4n) is 6.16. The number of aliphatic carboxylic acids is 1. The lowest BCUT2D eigenvalue weighted by atomic mass is 9.95. The number of carboxylic acid groups (broad SMARTS) is 1. The first-order valence-corrected chi connectivity index (χ1v) is 15.2. The number of rotatable bonds is 10. The van der Waals surface area contributed by atoms with Crippen LogP contribution in [0.1, 0.15) is 34.3 Å². The lowest BCUT2D eigenvalue weighted by Gasteiger charge is -2.21. The molecule has 0 aliphatic carbocycles. The fourth-order valence-corrected chi connectivity index (χ4v) is 6.16. The molecule has 0 unspecified atom stereocenters. The van der Waals surface area contributed by atoms with E-state index in [0.717, 1.165) is 46.0 Å². The van der Waals surface area contributed by atoms with Crippen LogP contribution in [0, 0.1) is 5.82 Å². The fraction of sp³-hybridized carbons (Fsp3) is 0.257. The molecule has 1 aliphatic rings. The summed E-state index contributed by atoms with van der Waals surface area (Å²) in [4.78, 5) is 36.9. The second-order valence-electron chi connectivity index (χ2n) is 11.6. The molecule has 1 fully saturated rings. The van der Waals surface area contributed by atoms with Crippen molar-refractivity contribution in [1.29, 1.82) is 0 Å². The number of amides is 1. The van der Waals surface area contributed by atoms with E-state index in [9.17, 15) is 27.9 Å². The van der Waals surface area contributed by atoms with Gasteiger partial charge >= 0.3 is 12.1 Å². The first kappa shape index (κ1) is 31.9. The van der Waals surface area contributed by atoms with Gasteiger partial charge in [0.05, 0.1) is 11.3 Å². The van der Waals surface area contributed by atoms with Crippen LogP contribution in [0.3, 0.4) is 0 Å². The molecule has 3 heterocycles. The van der Waals surface area contributed by atoms with Crippen molar-refractivity contribution in [3.05, 3.63) is 102 Å². The van der Waals surface area contributed by atoms with Crippen LogP contribution in [0.25, 0.3) is 32.8 Å². The van der Waals surface area contributed by atoms with Crippen molar-refractivity contribution >= 4 is 39.1 Å². The number of fused-ring (bicyclic) bond motifs is 2. The zero-order valence-electron chi connectivity index (χ0n) is 25.1. The number of aromatic nitrogens is 2. The second kappa shape index (κ2) is 13.3. The Balaban J connectivity index is 1.31. The highest BCUT2D eigenvalue weighted by Gasteiger charge is 2.29. The van der Waals surface area contributed by atoms with Crippen molar-refractivity contribution in [2.75, 3.05) is 25.0 Å². The van der Waals surface area contributed by atoms with Gasteiger partial charge in [-0.25, -0.2) is 9.18 Å². The Labute approximate surface area is 267 Å². The molecule has 6 rings (SSSR count). The van der Waals surface area contributed by atoms with Crippen LogP contribution in [0.15, 0.2) is 79.3 Å². The quantitative estimate of drug-likeness (QED) is 0.147. The molecule has 0 bridgehead atoms. The van der Waals surface area contributed by atoms with Crippen LogP contribution >= 0.6 is 0 Å². The number of likely N-dealkylation sites (tertiary alicyclic amines) is 1. The Bertz CT molecular complexity index is 1950. The lowest BCUT2D eigenvalue weighted by Crippen LogP contribution is -2.43. The zero-order chi connectivity index (χ0) is 33.1. The minimum absolute atomic E-state index is 0.118. The maximum absolute atomic E-state index is 15.5. The summed E-state index contributed by atoms with van der Waals surface area (Å²) in [5.41, 5.74) is 1.82. The molecule has 5 aromatic rings. The van der Waals surface area contributed by atoms with Gasteiger partial charge in [-0.3, -0.25) is 19.7 Å². The molecule has 12 heteroatoms. The van der Waals surface area contributed by atoms with Crippen LogP contribution in [0.4, 0.5) is 23.2 Å². The minimum atomic E-state index is -4.53. The van der Waals surface area contributed by atoms with E-state index in [1.807, 2.05) is 35.2 Å². The van der Waals surface area contributed by atoms with E-state index < -0.39 is 42.0 Å². The van der Waals surface area contributed by atoms with E-state index in [4.69, 9.17) is 0 Å². The standard InChI is InChI=1S/C35H31F4N5O3/c36-29-17-24(42-20-35(37,38)39)15-23(19-44-13-1-2-14-44)31(29)33(45)43-30(34(46)47)16-22-6-4-7-26-25(22)10-12-41-32(26)27-8-3-5-21-9-11-40-18-28(21)27/h3-12,15,17-18,30,42H,1-2,13-14,16,19-20H2,(H,43,45)(H,46,47)/t30-/m0/s1. The molecule has 242 valence electrons. The predicted octanol–water partition coefficient (Wildman–Crippen LogP) is 6.58. The van der Waals surface area contributed by atoms with E-state index in [-0.39, 0.29) is 24.2 Å². The van der Waals surface area contributed by atoms with Crippen LogP contribution < -0.4 is 10.6 Å². The average molecular weight is 646 g/mol. The lowest BCUT2D eigenvalue weighted by molar-refractivity contribution is -0.139. The van der Waals surface area contributed by atoms with Crippen LogP contribution in [-0.4, -0.2) is 63.7 Å². The average Bonchev–Trinajstić information content (AvgIpc) is 3.55. The van der Waals surface area contributed by atoms with E-state index >= 15 is 4.39 Å². The molecular weight excluding hydrogens is 614 g/mol. The molecule has 3 N–H and O–H groups in total. The van der Waals surface area contributed by atoms with Gasteiger partial charge < -0.3 is 15.7 Å². The van der Waals surface area contributed by atoms with Gasteiger partial charge in [-0.15, -0.1) is 0 Å². The number of carbonyl (C=O) groups excluding carboxylic acids is 1. The summed E-state index contributed by atoms with van der Waals surface area (Å²) in [5, 5.41) is 18.2. The van der Waals surface area contributed by atoms with Crippen molar-refractivity contribution < 1.29 is 32.3 Å². The number of carbonyl (C=O) groups is 2. The summed E-state index contributed by atoms with van der Waals surface area (Å²) >= 11 is 0. The topological polar surface area (TPSA) is 107 Å². The number of alkyl halides is 3. The summed E-state index contributed by atoms with van der Waals surface area (Å²) in [6.07, 6.45) is 2.27. The SMILES string of the molecule is O=C(N[C@@H](Cc1cccc2c(-c3cccc4ccncc34)nccc12)C(=O)O)c1c(F)cc(NCC(F)(F)F)cc1CN1CCCC1. The van der Waals surface area contributed by atoms with E-state index in [2.05, 4.69) is 20.6 Å². The summed E-state index contributed by atoms with van der Waals surface area (Å²) < 4.78 is 54.1. The number of nitrogens with one attached hydrogen (secondary N) is 2. The van der Waals surface area contributed by atoms with Gasteiger partial charge in [0.1, 0.15) is 18.4 Å². The van der Waals surface area contributed by atoms with Gasteiger partial charge in [0, 0.05) is 53.6 Å². The van der Waals surface area contributed by atoms with Crippen molar-refractivity contribution in [2.45, 2.75) is 38.0 Å². The minimum Gasteiger partial charge on any atom is -0.480 e. The predicted molar refractivity (Wildman–Crippen MR) is 171 cm³/mol. The molecule has 1 atom stereocenters. The Morgan fingerprint density at radius 2 is 1.72 bits per heavy atom. The maximum atomic E-state index is 15.5. The van der Waals surface area contributed by atoms with Gasteiger partial charge in [-0.2, -0.15) is 13.2 Å². The molecular formula is C35H31F4N5O3. The summed E-state index contributed by atoms with van der Waals surface area (Å²) in [7, 11) is 0. The second-order valence-corrected chi connectivity index (χ2v) is 11.6. The third-order valence-electron chi connectivity index (χ3n) is 8.35. The maximum Gasteiger partial charge on any atom is 0.405 e. The Morgan fingerprint density at radius 1 is 0.936 bits per heavy atom. The molecule has 0 radical (unpaired) electrons. The molecule has 1 amide bonds. The van der Waals surface area contributed by atoms with Crippen molar-refractivity contribution in [3.8, 4) is 11.3 Å². The normalized spacial score (nSPS) is 14.4. The number of benzene rings is 3. The van der Waals surface area contributed by atoms with Crippen LogP contribution in [0.5, 0.6) is 0 Å². The van der Waals surface area contributed by atoms with Gasteiger partial charge in [0.25, 0.3) is 5.91 Å². The van der Waals surface area contributed by atoms with Crippen LogP contribution in [-0.2, 0) is 17.8 Å². The smallest absolute Gasteiger partial charge is 0.405 e. The highest BCUT2D eigenvalue weighted by atomic mass is 19.4. The van der Waals surface area contributed by atoms with Gasteiger partial charge in [-0.05, 0) is 72.1 Å².